The number of pyridine rings is 1. The molecule has 0 saturated heterocycles. The van der Waals surface area contributed by atoms with Gasteiger partial charge in [-0.2, -0.15) is 5.26 Å². The van der Waals surface area contributed by atoms with Crippen LogP contribution in [0.25, 0.3) is 10.9 Å². The van der Waals surface area contributed by atoms with E-state index in [1.54, 1.807) is 0 Å². The van der Waals surface area contributed by atoms with Gasteiger partial charge < -0.3 is 5.32 Å². The van der Waals surface area contributed by atoms with Gasteiger partial charge in [-0.05, 0) is 31.4 Å². The molecule has 1 amide bonds. The summed E-state index contributed by atoms with van der Waals surface area (Å²) in [6.07, 6.45) is 2.88. The van der Waals surface area contributed by atoms with Crippen LogP contribution in [0.3, 0.4) is 0 Å². The first-order chi connectivity index (χ1) is 10.2. The van der Waals surface area contributed by atoms with E-state index >= 15 is 0 Å². The van der Waals surface area contributed by atoms with Crippen molar-refractivity contribution in [2.24, 2.45) is 0 Å². The average Bonchev–Trinajstić information content (AvgIpc) is 3.36. The normalized spacial score (nSPS) is 15.4. The molecule has 1 saturated carbocycles. The fourth-order valence-electron chi connectivity index (χ4n) is 2.43. The molecule has 0 bridgehead atoms. The van der Waals surface area contributed by atoms with Crippen LogP contribution in [-0.4, -0.2) is 16.9 Å². The van der Waals surface area contributed by atoms with Crippen LogP contribution in [0.5, 0.6) is 0 Å². The first-order valence-electron chi connectivity index (χ1n) is 7.33. The molecule has 0 spiro atoms. The number of carbonyl (C=O) groups is 1. The van der Waals surface area contributed by atoms with E-state index in [1.807, 2.05) is 37.3 Å². The van der Waals surface area contributed by atoms with Gasteiger partial charge in [0.2, 0.25) is 0 Å². The molecule has 1 aliphatic carbocycles. The van der Waals surface area contributed by atoms with Crippen molar-refractivity contribution in [1.29, 1.82) is 5.26 Å². The Morgan fingerprint density at radius 2 is 2.24 bits per heavy atom. The van der Waals surface area contributed by atoms with Crippen molar-refractivity contribution >= 4 is 16.8 Å². The number of rotatable bonds is 4. The van der Waals surface area contributed by atoms with Crippen molar-refractivity contribution in [2.45, 2.75) is 38.1 Å². The van der Waals surface area contributed by atoms with E-state index < -0.39 is 6.04 Å². The van der Waals surface area contributed by atoms with Crippen LogP contribution >= 0.6 is 0 Å². The van der Waals surface area contributed by atoms with Crippen molar-refractivity contribution in [3.05, 3.63) is 41.6 Å². The number of carbonyl (C=O) groups excluding carboxylic acids is 1. The molecule has 1 aromatic heterocycles. The highest BCUT2D eigenvalue weighted by molar-refractivity contribution is 6.06. The average molecular weight is 279 g/mol. The molecule has 1 aliphatic rings. The number of aromatic nitrogens is 1. The molecule has 1 fully saturated rings. The van der Waals surface area contributed by atoms with Gasteiger partial charge in [0.15, 0.2) is 0 Å². The van der Waals surface area contributed by atoms with Gasteiger partial charge in [-0.25, -0.2) is 0 Å². The number of nitrogens with one attached hydrogen (secondary N) is 1. The van der Waals surface area contributed by atoms with Crippen molar-refractivity contribution in [3.63, 3.8) is 0 Å². The lowest BCUT2D eigenvalue weighted by atomic mass is 10.0. The second-order valence-corrected chi connectivity index (χ2v) is 5.45. The van der Waals surface area contributed by atoms with Crippen molar-refractivity contribution in [3.8, 4) is 6.07 Å². The molecule has 21 heavy (non-hydrogen) atoms. The van der Waals surface area contributed by atoms with E-state index in [4.69, 9.17) is 5.26 Å². The molecular weight excluding hydrogens is 262 g/mol. The second-order valence-electron chi connectivity index (χ2n) is 5.45. The monoisotopic (exact) mass is 279 g/mol. The molecule has 1 N–H and O–H groups in total. The summed E-state index contributed by atoms with van der Waals surface area (Å²) < 4.78 is 0. The highest BCUT2D eigenvalue weighted by Gasteiger charge is 2.27. The molecule has 0 aliphatic heterocycles. The van der Waals surface area contributed by atoms with Crippen LogP contribution in [0.2, 0.25) is 0 Å². The molecular formula is C17H17N3O. The molecule has 3 rings (SSSR count). The lowest BCUT2D eigenvalue weighted by molar-refractivity contribution is 0.0946. The van der Waals surface area contributed by atoms with E-state index in [0.29, 0.717) is 17.9 Å². The number of hydrogen-bond acceptors (Lipinski definition) is 3. The molecule has 4 nitrogen and oxygen atoms in total. The van der Waals surface area contributed by atoms with Crippen molar-refractivity contribution in [2.75, 3.05) is 0 Å². The van der Waals surface area contributed by atoms with Gasteiger partial charge in [-0.3, -0.25) is 9.78 Å². The Bertz CT molecular complexity index is 728. The predicted octanol–water partition coefficient (Wildman–Crippen LogP) is 3.14. The summed E-state index contributed by atoms with van der Waals surface area (Å²) in [4.78, 5) is 17.1. The summed E-state index contributed by atoms with van der Waals surface area (Å²) in [5, 5.41) is 12.6. The Labute approximate surface area is 123 Å². The van der Waals surface area contributed by atoms with E-state index in [0.717, 1.165) is 29.4 Å². The van der Waals surface area contributed by atoms with E-state index in [1.165, 1.54) is 0 Å². The maximum absolute atomic E-state index is 12.5. The molecule has 4 heteroatoms. The van der Waals surface area contributed by atoms with Gasteiger partial charge in [-0.15, -0.1) is 0 Å². The maximum Gasteiger partial charge on any atom is 0.253 e. The van der Waals surface area contributed by atoms with Gasteiger partial charge >= 0.3 is 0 Å². The first kappa shape index (κ1) is 13.6. The largest absolute Gasteiger partial charge is 0.336 e. The maximum atomic E-state index is 12.5. The standard InChI is InChI=1S/C17H17N3O/c1-2-12(10-18)19-17(21)14-9-16(11-7-8-11)20-15-6-4-3-5-13(14)15/h3-6,9,11-12H,2,7-8H2,1H3,(H,19,21)/t12-/m0/s1. The predicted molar refractivity (Wildman–Crippen MR) is 80.9 cm³/mol. The Kier molecular flexibility index (Phi) is 3.57. The third kappa shape index (κ3) is 2.73. The Balaban J connectivity index is 2.03. The minimum absolute atomic E-state index is 0.191. The number of amides is 1. The van der Waals surface area contributed by atoms with Crippen LogP contribution < -0.4 is 5.32 Å². The minimum Gasteiger partial charge on any atom is -0.336 e. The summed E-state index contributed by atoms with van der Waals surface area (Å²) in [7, 11) is 0. The third-order valence-electron chi connectivity index (χ3n) is 3.85. The smallest absolute Gasteiger partial charge is 0.253 e. The SMILES string of the molecule is CC[C@@H](C#N)NC(=O)c1cc(C2CC2)nc2ccccc12. The van der Waals surface area contributed by atoms with Crippen LogP contribution in [-0.2, 0) is 0 Å². The number of benzene rings is 1. The Hall–Kier alpha value is -2.41. The molecule has 2 aromatic rings. The van der Waals surface area contributed by atoms with Crippen molar-refractivity contribution < 1.29 is 4.79 Å². The van der Waals surface area contributed by atoms with Crippen LogP contribution in [0.1, 0.15) is 48.2 Å². The second kappa shape index (κ2) is 5.53. The number of nitrogens with zero attached hydrogens (tertiary/aromatic N) is 2. The van der Waals surface area contributed by atoms with Crippen molar-refractivity contribution in [1.82, 2.24) is 10.3 Å². The van der Waals surface area contributed by atoms with Gasteiger partial charge in [0.05, 0.1) is 17.1 Å². The zero-order valence-electron chi connectivity index (χ0n) is 12.0. The molecule has 1 aromatic carbocycles. The summed E-state index contributed by atoms with van der Waals surface area (Å²) >= 11 is 0. The fraction of sp³-hybridized carbons (Fsp3) is 0.353. The first-order valence-corrected chi connectivity index (χ1v) is 7.33. The summed E-state index contributed by atoms with van der Waals surface area (Å²) in [5.41, 5.74) is 2.46. The third-order valence-corrected chi connectivity index (χ3v) is 3.85. The minimum atomic E-state index is -0.450. The topological polar surface area (TPSA) is 65.8 Å². The quantitative estimate of drug-likeness (QED) is 0.935. The molecule has 0 radical (unpaired) electrons. The van der Waals surface area contributed by atoms with E-state index in [-0.39, 0.29) is 5.91 Å². The lowest BCUT2D eigenvalue weighted by Gasteiger charge is -2.12. The van der Waals surface area contributed by atoms with E-state index in [9.17, 15) is 4.79 Å². The highest BCUT2D eigenvalue weighted by Crippen LogP contribution is 2.40. The van der Waals surface area contributed by atoms with Gasteiger partial charge in [0.25, 0.3) is 5.91 Å². The number of para-hydroxylation sites is 1. The van der Waals surface area contributed by atoms with Crippen LogP contribution in [0.15, 0.2) is 30.3 Å². The summed E-state index contributed by atoms with van der Waals surface area (Å²) in [6, 6.07) is 11.2. The molecule has 1 heterocycles. The Morgan fingerprint density at radius 3 is 2.90 bits per heavy atom. The molecule has 0 unspecified atom stereocenters. The van der Waals surface area contributed by atoms with Crippen LogP contribution in [0, 0.1) is 11.3 Å². The van der Waals surface area contributed by atoms with Crippen LogP contribution in [0.4, 0.5) is 0 Å². The summed E-state index contributed by atoms with van der Waals surface area (Å²) in [6.45, 7) is 1.88. The number of hydrogen-bond donors (Lipinski definition) is 1. The number of fused-ring (bicyclic) bond motifs is 1. The van der Waals surface area contributed by atoms with Gasteiger partial charge in [-0.1, -0.05) is 25.1 Å². The number of nitriles is 1. The zero-order valence-corrected chi connectivity index (χ0v) is 12.0. The molecule has 106 valence electrons. The highest BCUT2D eigenvalue weighted by atomic mass is 16.1. The van der Waals surface area contributed by atoms with E-state index in [2.05, 4.69) is 16.4 Å². The Morgan fingerprint density at radius 1 is 1.48 bits per heavy atom. The summed E-state index contributed by atoms with van der Waals surface area (Å²) in [5.74, 6) is 0.294. The fourth-order valence-corrected chi connectivity index (χ4v) is 2.43. The zero-order chi connectivity index (χ0) is 14.8. The van der Waals surface area contributed by atoms with Gasteiger partial charge in [0.1, 0.15) is 6.04 Å². The molecule has 1 atom stereocenters. The van der Waals surface area contributed by atoms with Gasteiger partial charge in [0, 0.05) is 17.0 Å². The lowest BCUT2D eigenvalue weighted by Crippen LogP contribution is -2.33.